The summed E-state index contributed by atoms with van der Waals surface area (Å²) in [5.41, 5.74) is 4.81. The molecule has 0 unspecified atom stereocenters. The van der Waals surface area contributed by atoms with E-state index in [0.29, 0.717) is 0 Å². The Morgan fingerprint density at radius 3 is 2.89 bits per heavy atom. The largest absolute Gasteiger partial charge is 0.417 e. The van der Waals surface area contributed by atoms with Gasteiger partial charge in [0.05, 0.1) is 4.92 Å². The molecule has 2 aromatic heterocycles. The number of alkyl halides is 2. The van der Waals surface area contributed by atoms with E-state index < -0.39 is 17.2 Å². The van der Waals surface area contributed by atoms with Crippen LogP contribution in [0.15, 0.2) is 6.07 Å². The summed E-state index contributed by atoms with van der Waals surface area (Å²) in [5.74, 6) is -0.561. The van der Waals surface area contributed by atoms with Crippen LogP contribution in [0.1, 0.15) is 0 Å². The van der Waals surface area contributed by atoms with Crippen LogP contribution in [0.3, 0.4) is 0 Å². The van der Waals surface area contributed by atoms with Gasteiger partial charge in [0.1, 0.15) is 5.69 Å². The van der Waals surface area contributed by atoms with E-state index in [9.17, 15) is 18.9 Å². The van der Waals surface area contributed by atoms with Crippen molar-refractivity contribution in [3.05, 3.63) is 16.2 Å². The molecule has 0 aliphatic carbocycles. The number of nitrogens with two attached hydrogens (primary N) is 1. The second kappa shape index (κ2) is 4.51. The number of nitrogens with zero attached hydrogens (tertiary/aromatic N) is 4. The van der Waals surface area contributed by atoms with Crippen molar-refractivity contribution in [3.63, 3.8) is 0 Å². The molecule has 102 valence electrons. The summed E-state index contributed by atoms with van der Waals surface area (Å²) in [5, 5.41) is 20.5. The van der Waals surface area contributed by atoms with Crippen molar-refractivity contribution in [2.24, 2.45) is 7.05 Å². The van der Waals surface area contributed by atoms with E-state index >= 15 is 0 Å². The topological polar surface area (TPSA) is 125 Å². The first-order valence-corrected chi connectivity index (χ1v) is 4.87. The van der Waals surface area contributed by atoms with Crippen molar-refractivity contribution in [1.82, 2.24) is 20.0 Å². The molecule has 2 rings (SSSR count). The van der Waals surface area contributed by atoms with Gasteiger partial charge in [-0.3, -0.25) is 15.2 Å². The maximum atomic E-state index is 12.1. The maximum Gasteiger partial charge on any atom is 0.388 e. The average Bonchev–Trinajstić information content (AvgIpc) is 2.82. The van der Waals surface area contributed by atoms with Crippen LogP contribution in [0.5, 0.6) is 5.88 Å². The Kier molecular flexibility index (Phi) is 3.02. The predicted octanol–water partition coefficient (Wildman–Crippen LogP) is 0.902. The Bertz CT molecular complexity index is 622. The number of nitrogens with one attached hydrogen (secondary N) is 1. The van der Waals surface area contributed by atoms with Crippen LogP contribution in [-0.2, 0) is 7.05 Å². The highest BCUT2D eigenvalue weighted by molar-refractivity contribution is 5.74. The first-order chi connectivity index (χ1) is 8.90. The fraction of sp³-hybridized carbons (Fsp3) is 0.250. The van der Waals surface area contributed by atoms with Crippen molar-refractivity contribution in [2.45, 2.75) is 6.61 Å². The number of H-pyrrole nitrogens is 1. The van der Waals surface area contributed by atoms with E-state index in [1.54, 1.807) is 0 Å². The molecule has 0 atom stereocenters. The highest BCUT2D eigenvalue weighted by Crippen LogP contribution is 2.33. The molecule has 0 saturated heterocycles. The second-order valence-electron chi connectivity index (χ2n) is 3.46. The van der Waals surface area contributed by atoms with E-state index in [-0.39, 0.29) is 23.1 Å². The van der Waals surface area contributed by atoms with E-state index in [0.717, 1.165) is 10.7 Å². The lowest BCUT2D eigenvalue weighted by Gasteiger charge is -2.01. The minimum Gasteiger partial charge on any atom is -0.417 e. The molecule has 0 aliphatic heterocycles. The van der Waals surface area contributed by atoms with E-state index in [1.807, 2.05) is 0 Å². The zero-order chi connectivity index (χ0) is 14.2. The second-order valence-corrected chi connectivity index (χ2v) is 3.46. The van der Waals surface area contributed by atoms with Crippen molar-refractivity contribution in [1.29, 1.82) is 0 Å². The third-order valence-corrected chi connectivity index (χ3v) is 2.25. The van der Waals surface area contributed by atoms with Gasteiger partial charge in [-0.25, -0.2) is 4.68 Å². The van der Waals surface area contributed by atoms with Gasteiger partial charge in [0.2, 0.25) is 11.7 Å². The predicted molar refractivity (Wildman–Crippen MR) is 58.5 cm³/mol. The van der Waals surface area contributed by atoms with Crippen LogP contribution < -0.4 is 10.5 Å². The summed E-state index contributed by atoms with van der Waals surface area (Å²) in [6, 6.07) is 1.12. The molecule has 0 bridgehead atoms. The normalized spacial score (nSPS) is 10.9. The third-order valence-electron chi connectivity index (χ3n) is 2.25. The standard InChI is InChI=1S/C8H8F2N6O3/c1-15-4(19-8(9)10)2-3(14-15)5-6(16(17)18)7(11)13-12-5/h2,8H,1H3,(H3,11,12,13). The Hall–Kier alpha value is -2.72. The molecule has 2 heterocycles. The van der Waals surface area contributed by atoms with Crippen molar-refractivity contribution >= 4 is 11.5 Å². The molecule has 3 N–H and O–H groups in total. The quantitative estimate of drug-likeness (QED) is 0.630. The van der Waals surface area contributed by atoms with E-state index in [2.05, 4.69) is 20.0 Å². The summed E-state index contributed by atoms with van der Waals surface area (Å²) < 4.78 is 29.4. The number of halogens is 2. The van der Waals surface area contributed by atoms with Gasteiger partial charge in [0, 0.05) is 13.1 Å². The molecule has 9 nitrogen and oxygen atoms in total. The van der Waals surface area contributed by atoms with Gasteiger partial charge in [-0.1, -0.05) is 0 Å². The van der Waals surface area contributed by atoms with Crippen LogP contribution in [0.25, 0.3) is 11.4 Å². The lowest BCUT2D eigenvalue weighted by Crippen LogP contribution is -2.05. The van der Waals surface area contributed by atoms with Gasteiger partial charge >= 0.3 is 12.3 Å². The molecule has 0 aromatic carbocycles. The van der Waals surface area contributed by atoms with Crippen LogP contribution >= 0.6 is 0 Å². The Balaban J connectivity index is 2.46. The molecular weight excluding hydrogens is 266 g/mol. The van der Waals surface area contributed by atoms with Crippen LogP contribution in [0.2, 0.25) is 0 Å². The maximum absolute atomic E-state index is 12.1. The summed E-state index contributed by atoms with van der Waals surface area (Å²) in [6.07, 6.45) is 0. The molecule has 11 heteroatoms. The first-order valence-electron chi connectivity index (χ1n) is 4.87. The zero-order valence-electron chi connectivity index (χ0n) is 9.50. The summed E-state index contributed by atoms with van der Waals surface area (Å²) in [6.45, 7) is -3.02. The van der Waals surface area contributed by atoms with Crippen molar-refractivity contribution < 1.29 is 18.4 Å². The fourth-order valence-corrected chi connectivity index (χ4v) is 1.49. The average molecular weight is 274 g/mol. The number of aromatic nitrogens is 4. The lowest BCUT2D eigenvalue weighted by molar-refractivity contribution is -0.383. The van der Waals surface area contributed by atoms with Gasteiger partial charge in [-0.05, 0) is 0 Å². The van der Waals surface area contributed by atoms with Crippen LogP contribution in [0, 0.1) is 10.1 Å². The first kappa shape index (κ1) is 12.7. The Morgan fingerprint density at radius 1 is 1.63 bits per heavy atom. The van der Waals surface area contributed by atoms with Crippen molar-refractivity contribution in [3.8, 4) is 17.3 Å². The molecule has 0 fully saturated rings. The summed E-state index contributed by atoms with van der Waals surface area (Å²) in [4.78, 5) is 10.1. The van der Waals surface area contributed by atoms with E-state index in [4.69, 9.17) is 5.73 Å². The number of anilines is 1. The molecule has 0 spiro atoms. The van der Waals surface area contributed by atoms with Gasteiger partial charge in [0.15, 0.2) is 5.69 Å². The highest BCUT2D eigenvalue weighted by Gasteiger charge is 2.26. The monoisotopic (exact) mass is 274 g/mol. The van der Waals surface area contributed by atoms with Gasteiger partial charge < -0.3 is 10.5 Å². The van der Waals surface area contributed by atoms with Crippen LogP contribution in [-0.4, -0.2) is 31.5 Å². The SMILES string of the molecule is Cn1nc(-c2[nH]nc(N)c2[N+](=O)[O-])cc1OC(F)F. The minimum absolute atomic E-state index is 0.0223. The molecule has 0 saturated carbocycles. The number of hydrogen-bond donors (Lipinski definition) is 2. The Morgan fingerprint density at radius 2 is 2.32 bits per heavy atom. The number of rotatable bonds is 4. The molecular formula is C8H8F2N6O3. The fourth-order valence-electron chi connectivity index (χ4n) is 1.49. The van der Waals surface area contributed by atoms with E-state index in [1.165, 1.54) is 7.05 Å². The van der Waals surface area contributed by atoms with Gasteiger partial charge in [0.25, 0.3) is 0 Å². The number of hydrogen-bond acceptors (Lipinski definition) is 6. The van der Waals surface area contributed by atoms with Gasteiger partial charge in [-0.15, -0.1) is 5.10 Å². The highest BCUT2D eigenvalue weighted by atomic mass is 19.3. The van der Waals surface area contributed by atoms with Gasteiger partial charge in [-0.2, -0.15) is 13.9 Å². The number of aryl methyl sites for hydroxylation is 1. The van der Waals surface area contributed by atoms with Crippen LogP contribution in [0.4, 0.5) is 20.3 Å². The molecule has 0 radical (unpaired) electrons. The minimum atomic E-state index is -3.02. The molecule has 0 aliphatic rings. The summed E-state index contributed by atoms with van der Waals surface area (Å²) in [7, 11) is 1.35. The number of ether oxygens (including phenoxy) is 1. The Labute approximate surface area is 104 Å². The number of nitrogen functional groups attached to an aromatic ring is 1. The molecule has 19 heavy (non-hydrogen) atoms. The number of aromatic amines is 1. The smallest absolute Gasteiger partial charge is 0.388 e. The third kappa shape index (κ3) is 2.29. The molecule has 0 amide bonds. The zero-order valence-corrected chi connectivity index (χ0v) is 9.50. The summed E-state index contributed by atoms with van der Waals surface area (Å²) >= 11 is 0. The van der Waals surface area contributed by atoms with Crippen molar-refractivity contribution in [2.75, 3.05) is 5.73 Å². The molecule has 2 aromatic rings. The lowest BCUT2D eigenvalue weighted by atomic mass is 10.3. The number of nitro groups is 1.